The molecule has 7 heteroatoms. The van der Waals surface area contributed by atoms with Gasteiger partial charge in [0.2, 0.25) is 10.0 Å². The minimum absolute atomic E-state index is 0.273. The molecular weight excluding hydrogens is 336 g/mol. The number of sulfonamides is 1. The monoisotopic (exact) mass is 346 g/mol. The molecule has 2 rings (SSSR count). The lowest BCUT2D eigenvalue weighted by Gasteiger charge is -2.16. The number of thiazole rings is 1. The Balaban J connectivity index is 2.25. The van der Waals surface area contributed by atoms with Gasteiger partial charge in [0, 0.05) is 16.9 Å². The second kappa shape index (κ2) is 5.48. The van der Waals surface area contributed by atoms with Crippen LogP contribution in [0.4, 0.5) is 0 Å². The molecule has 0 aliphatic carbocycles. The lowest BCUT2D eigenvalue weighted by atomic mass is 10.4. The number of halogens is 1. The number of nitrogens with zero attached hydrogens (tertiary/aromatic N) is 2. The average Bonchev–Trinajstić information content (AvgIpc) is 2.81. The molecule has 96 valence electrons. The molecule has 1 aromatic carbocycles. The Kier molecular flexibility index (Phi) is 4.16. The van der Waals surface area contributed by atoms with Crippen LogP contribution in [0, 0.1) is 0 Å². The Labute approximate surface area is 118 Å². The molecule has 1 aromatic heterocycles. The fraction of sp³-hybridized carbons (Fsp3) is 0.182. The quantitative estimate of drug-likeness (QED) is 0.855. The molecule has 0 unspecified atom stereocenters. The topological polar surface area (TPSA) is 50.3 Å². The Morgan fingerprint density at radius 3 is 2.83 bits per heavy atom. The van der Waals surface area contributed by atoms with Gasteiger partial charge >= 0.3 is 0 Å². The molecular formula is C11H11BrN2O2S2. The van der Waals surface area contributed by atoms with Gasteiger partial charge in [-0.1, -0.05) is 22.0 Å². The van der Waals surface area contributed by atoms with Crippen LogP contribution in [0.15, 0.2) is 44.5 Å². The molecule has 0 amide bonds. The van der Waals surface area contributed by atoms with E-state index in [0.29, 0.717) is 0 Å². The van der Waals surface area contributed by atoms with Crippen molar-refractivity contribution in [1.82, 2.24) is 9.29 Å². The predicted molar refractivity (Wildman–Crippen MR) is 74.9 cm³/mol. The maximum atomic E-state index is 12.3. The number of hydrogen-bond donors (Lipinski definition) is 0. The zero-order chi connectivity index (χ0) is 13.2. The van der Waals surface area contributed by atoms with Crippen LogP contribution < -0.4 is 0 Å². The maximum Gasteiger partial charge on any atom is 0.243 e. The molecule has 0 saturated heterocycles. The van der Waals surface area contributed by atoms with Gasteiger partial charge in [0.15, 0.2) is 0 Å². The zero-order valence-corrected chi connectivity index (χ0v) is 12.8. The van der Waals surface area contributed by atoms with Crippen molar-refractivity contribution in [3.05, 3.63) is 45.3 Å². The molecule has 0 N–H and O–H groups in total. The van der Waals surface area contributed by atoms with Gasteiger partial charge in [-0.3, -0.25) is 0 Å². The molecule has 1 heterocycles. The Morgan fingerprint density at radius 1 is 1.44 bits per heavy atom. The third kappa shape index (κ3) is 2.97. The van der Waals surface area contributed by atoms with E-state index in [4.69, 9.17) is 0 Å². The Hall–Kier alpha value is -0.760. The minimum Gasteiger partial charge on any atom is -0.248 e. The largest absolute Gasteiger partial charge is 0.248 e. The van der Waals surface area contributed by atoms with Gasteiger partial charge in [0.25, 0.3) is 0 Å². The van der Waals surface area contributed by atoms with Crippen molar-refractivity contribution in [3.8, 4) is 0 Å². The zero-order valence-electron chi connectivity index (χ0n) is 9.58. The highest BCUT2D eigenvalue weighted by atomic mass is 79.9. The van der Waals surface area contributed by atoms with Crippen LogP contribution in [-0.4, -0.2) is 24.8 Å². The van der Waals surface area contributed by atoms with Crippen LogP contribution in [0.1, 0.15) is 5.69 Å². The molecule has 0 atom stereocenters. The Morgan fingerprint density at radius 2 is 2.22 bits per heavy atom. The smallest absolute Gasteiger partial charge is 0.243 e. The first-order valence-electron chi connectivity index (χ1n) is 5.09. The van der Waals surface area contributed by atoms with Gasteiger partial charge in [-0.05, 0) is 18.2 Å². The number of benzene rings is 1. The van der Waals surface area contributed by atoms with Crippen LogP contribution in [0.2, 0.25) is 0 Å². The first kappa shape index (κ1) is 13.7. The summed E-state index contributed by atoms with van der Waals surface area (Å²) in [6.07, 6.45) is 0. The lowest BCUT2D eigenvalue weighted by Crippen LogP contribution is -2.26. The number of rotatable bonds is 4. The van der Waals surface area contributed by atoms with E-state index in [9.17, 15) is 8.42 Å². The lowest BCUT2D eigenvalue weighted by molar-refractivity contribution is 0.463. The molecule has 0 aliphatic heterocycles. The molecule has 0 spiro atoms. The van der Waals surface area contributed by atoms with E-state index in [2.05, 4.69) is 20.9 Å². The summed E-state index contributed by atoms with van der Waals surface area (Å²) in [6.45, 7) is 0.276. The van der Waals surface area contributed by atoms with E-state index in [1.54, 1.807) is 36.8 Å². The number of aromatic nitrogens is 1. The van der Waals surface area contributed by atoms with Crippen molar-refractivity contribution in [2.75, 3.05) is 7.05 Å². The fourth-order valence-corrected chi connectivity index (χ4v) is 3.73. The molecule has 0 saturated carbocycles. The van der Waals surface area contributed by atoms with Gasteiger partial charge < -0.3 is 0 Å². The van der Waals surface area contributed by atoms with E-state index in [-0.39, 0.29) is 11.4 Å². The maximum absolute atomic E-state index is 12.3. The minimum atomic E-state index is -3.47. The van der Waals surface area contributed by atoms with Gasteiger partial charge in [-0.25, -0.2) is 13.4 Å². The van der Waals surface area contributed by atoms with Crippen molar-refractivity contribution in [1.29, 1.82) is 0 Å². The number of hydrogen-bond acceptors (Lipinski definition) is 4. The summed E-state index contributed by atoms with van der Waals surface area (Å²) in [4.78, 5) is 4.36. The molecule has 0 bridgehead atoms. The summed E-state index contributed by atoms with van der Waals surface area (Å²) in [7, 11) is -1.92. The normalized spacial score (nSPS) is 11.9. The van der Waals surface area contributed by atoms with E-state index in [1.807, 2.05) is 5.38 Å². The highest BCUT2D eigenvalue weighted by Crippen LogP contribution is 2.20. The van der Waals surface area contributed by atoms with Crippen molar-refractivity contribution in [2.45, 2.75) is 11.4 Å². The van der Waals surface area contributed by atoms with Crippen LogP contribution in [0.3, 0.4) is 0 Å². The van der Waals surface area contributed by atoms with E-state index >= 15 is 0 Å². The first-order valence-corrected chi connectivity index (χ1v) is 8.27. The summed E-state index contributed by atoms with van der Waals surface area (Å²) >= 11 is 4.72. The standard InChI is InChI=1S/C11H11BrN2O2S2/c1-14(6-10-7-17-8-13-10)18(15,16)11-4-2-3-9(12)5-11/h2-5,7-8H,6H2,1H3. The third-order valence-electron chi connectivity index (χ3n) is 2.37. The van der Waals surface area contributed by atoms with Crippen LogP contribution in [0.5, 0.6) is 0 Å². The molecule has 0 radical (unpaired) electrons. The van der Waals surface area contributed by atoms with E-state index in [0.717, 1.165) is 10.2 Å². The Bertz CT molecular complexity index is 626. The highest BCUT2D eigenvalue weighted by molar-refractivity contribution is 9.10. The predicted octanol–water partition coefficient (Wildman–Crippen LogP) is 2.73. The molecule has 4 nitrogen and oxygen atoms in total. The van der Waals surface area contributed by atoms with Gasteiger partial charge in [0.05, 0.1) is 22.6 Å². The molecule has 2 aromatic rings. The van der Waals surface area contributed by atoms with Crippen molar-refractivity contribution in [2.24, 2.45) is 0 Å². The SMILES string of the molecule is CN(Cc1cscn1)S(=O)(=O)c1cccc(Br)c1. The van der Waals surface area contributed by atoms with E-state index < -0.39 is 10.0 Å². The van der Waals surface area contributed by atoms with Crippen molar-refractivity contribution < 1.29 is 8.42 Å². The van der Waals surface area contributed by atoms with Crippen LogP contribution in [-0.2, 0) is 16.6 Å². The van der Waals surface area contributed by atoms with Gasteiger partial charge in [-0.2, -0.15) is 4.31 Å². The summed E-state index contributed by atoms with van der Waals surface area (Å²) < 4.78 is 26.6. The van der Waals surface area contributed by atoms with Crippen molar-refractivity contribution >= 4 is 37.3 Å². The molecule has 0 aliphatic rings. The first-order chi connectivity index (χ1) is 8.50. The second-order valence-corrected chi connectivity index (χ2v) is 7.38. The highest BCUT2D eigenvalue weighted by Gasteiger charge is 2.21. The second-order valence-electron chi connectivity index (χ2n) is 3.70. The molecule has 18 heavy (non-hydrogen) atoms. The third-order valence-corrected chi connectivity index (χ3v) is 5.30. The van der Waals surface area contributed by atoms with E-state index in [1.165, 1.54) is 15.6 Å². The summed E-state index contributed by atoms with van der Waals surface area (Å²) in [5.74, 6) is 0. The fourth-order valence-electron chi connectivity index (χ4n) is 1.44. The summed E-state index contributed by atoms with van der Waals surface area (Å²) in [5, 5.41) is 1.84. The average molecular weight is 347 g/mol. The summed E-state index contributed by atoms with van der Waals surface area (Å²) in [6, 6.07) is 6.66. The van der Waals surface area contributed by atoms with Crippen LogP contribution in [0.25, 0.3) is 0 Å². The van der Waals surface area contributed by atoms with Gasteiger partial charge in [-0.15, -0.1) is 11.3 Å². The summed E-state index contributed by atoms with van der Waals surface area (Å²) in [5.41, 5.74) is 2.44. The van der Waals surface area contributed by atoms with Gasteiger partial charge in [0.1, 0.15) is 0 Å². The molecule has 0 fully saturated rings. The van der Waals surface area contributed by atoms with Crippen molar-refractivity contribution in [3.63, 3.8) is 0 Å². The van der Waals surface area contributed by atoms with Crippen LogP contribution >= 0.6 is 27.3 Å².